The van der Waals surface area contributed by atoms with Gasteiger partial charge in [0.1, 0.15) is 0 Å². The number of carbonyl (C=O) groups excluding carboxylic acids is 1. The molecule has 1 aromatic heterocycles. The van der Waals surface area contributed by atoms with Crippen LogP contribution in [-0.2, 0) is 27.8 Å². The van der Waals surface area contributed by atoms with Crippen LogP contribution >= 0.6 is 0 Å². The van der Waals surface area contributed by atoms with Crippen LogP contribution in [0.2, 0.25) is 0 Å². The number of sulfonamides is 1. The number of aromatic nitrogens is 1. The van der Waals surface area contributed by atoms with Crippen molar-refractivity contribution in [3.05, 3.63) is 53.3 Å². The molecule has 0 saturated heterocycles. The molecule has 6 nitrogen and oxygen atoms in total. The Morgan fingerprint density at radius 3 is 2.36 bits per heavy atom. The Kier molecular flexibility index (Phi) is 7.32. The summed E-state index contributed by atoms with van der Waals surface area (Å²) in [6, 6.07) is 8.90. The van der Waals surface area contributed by atoms with Gasteiger partial charge in [0.2, 0.25) is 16.6 Å². The summed E-state index contributed by atoms with van der Waals surface area (Å²) in [6.45, 7) is 10.5. The summed E-state index contributed by atoms with van der Waals surface area (Å²) in [7, 11) is -3.57. The number of hydrogen-bond acceptors (Lipinski definition) is 3. The average molecular weight is 405 g/mol. The van der Waals surface area contributed by atoms with Gasteiger partial charge in [-0.3, -0.25) is 4.79 Å². The molecule has 0 fully saturated rings. The molecule has 0 saturated carbocycles. The van der Waals surface area contributed by atoms with E-state index in [2.05, 4.69) is 18.3 Å². The van der Waals surface area contributed by atoms with E-state index in [1.807, 2.05) is 44.5 Å². The smallest absolute Gasteiger partial charge is 0.290 e. The van der Waals surface area contributed by atoms with Crippen molar-refractivity contribution >= 4 is 21.6 Å². The van der Waals surface area contributed by atoms with Crippen LogP contribution in [0.5, 0.6) is 0 Å². The third-order valence-electron chi connectivity index (χ3n) is 4.86. The van der Waals surface area contributed by atoms with Crippen LogP contribution in [-0.4, -0.2) is 31.7 Å². The largest absolute Gasteiger partial charge is 0.320 e. The lowest BCUT2D eigenvalue weighted by Crippen LogP contribution is -2.43. The third-order valence-corrected chi connectivity index (χ3v) is 6.91. The number of carbonyl (C=O) groups is 1. The maximum atomic E-state index is 12.8. The van der Waals surface area contributed by atoms with Crippen LogP contribution in [0.25, 0.3) is 0 Å². The highest BCUT2D eigenvalue weighted by Crippen LogP contribution is 2.23. The number of nitrogens with one attached hydrogen (secondary N) is 1. The number of aryl methyl sites for hydroxylation is 3. The lowest BCUT2D eigenvalue weighted by molar-refractivity contribution is -0.690. The number of amides is 1. The van der Waals surface area contributed by atoms with Gasteiger partial charge in [0.15, 0.2) is 11.9 Å². The molecule has 0 bridgehead atoms. The molecule has 28 heavy (non-hydrogen) atoms. The minimum Gasteiger partial charge on any atom is -0.320 e. The fourth-order valence-electron chi connectivity index (χ4n) is 3.00. The molecule has 0 aliphatic carbocycles. The molecule has 0 aliphatic heterocycles. The van der Waals surface area contributed by atoms with Crippen molar-refractivity contribution < 1.29 is 17.8 Å². The zero-order chi connectivity index (χ0) is 20.9. The molecule has 2 rings (SSSR count). The summed E-state index contributed by atoms with van der Waals surface area (Å²) in [6.07, 6.45) is 2.87. The molecule has 0 aliphatic rings. The highest BCUT2D eigenvalue weighted by molar-refractivity contribution is 7.89. The van der Waals surface area contributed by atoms with E-state index >= 15 is 0 Å². The molecule has 1 N–H and O–H groups in total. The SMILES string of the molecule is CCc1ccc(C)[n+](CC(=O)Nc2cc(S(=O)(=O)N(CC)CC)ccc2C)c1. The van der Waals surface area contributed by atoms with E-state index in [-0.39, 0.29) is 17.3 Å². The van der Waals surface area contributed by atoms with Gasteiger partial charge in [-0.25, -0.2) is 8.42 Å². The van der Waals surface area contributed by atoms with E-state index in [1.54, 1.807) is 18.2 Å². The van der Waals surface area contributed by atoms with Crippen molar-refractivity contribution in [1.29, 1.82) is 0 Å². The van der Waals surface area contributed by atoms with Crippen LogP contribution in [0.4, 0.5) is 5.69 Å². The van der Waals surface area contributed by atoms with Gasteiger partial charge in [-0.15, -0.1) is 0 Å². The van der Waals surface area contributed by atoms with Crippen LogP contribution in [0.15, 0.2) is 41.4 Å². The molecular formula is C21H30N3O3S+. The summed E-state index contributed by atoms with van der Waals surface area (Å²) in [5.74, 6) is -0.193. The van der Waals surface area contributed by atoms with Gasteiger partial charge >= 0.3 is 0 Å². The molecular weight excluding hydrogens is 374 g/mol. The monoisotopic (exact) mass is 404 g/mol. The van der Waals surface area contributed by atoms with Crippen LogP contribution in [0, 0.1) is 13.8 Å². The van der Waals surface area contributed by atoms with Gasteiger partial charge in [0.05, 0.1) is 4.90 Å². The summed E-state index contributed by atoms with van der Waals surface area (Å²) >= 11 is 0. The van der Waals surface area contributed by atoms with Crippen LogP contribution in [0.1, 0.15) is 37.6 Å². The summed E-state index contributed by atoms with van der Waals surface area (Å²) in [4.78, 5) is 12.8. The van der Waals surface area contributed by atoms with Crippen molar-refractivity contribution in [2.24, 2.45) is 0 Å². The van der Waals surface area contributed by atoms with Crippen molar-refractivity contribution in [2.75, 3.05) is 18.4 Å². The van der Waals surface area contributed by atoms with Gasteiger partial charge in [0.25, 0.3) is 5.91 Å². The molecule has 1 heterocycles. The minimum absolute atomic E-state index is 0.173. The Bertz CT molecular complexity index is 951. The maximum Gasteiger partial charge on any atom is 0.290 e. The number of pyridine rings is 1. The molecule has 2 aromatic rings. The van der Waals surface area contributed by atoms with Crippen molar-refractivity contribution in [1.82, 2.24) is 4.31 Å². The highest BCUT2D eigenvalue weighted by Gasteiger charge is 2.23. The summed E-state index contributed by atoms with van der Waals surface area (Å²) < 4.78 is 28.8. The fraction of sp³-hybridized carbons (Fsp3) is 0.429. The topological polar surface area (TPSA) is 70.4 Å². The zero-order valence-corrected chi connectivity index (χ0v) is 18.1. The van der Waals surface area contributed by atoms with Gasteiger partial charge in [0, 0.05) is 37.3 Å². The van der Waals surface area contributed by atoms with Gasteiger partial charge in [-0.1, -0.05) is 26.8 Å². The van der Waals surface area contributed by atoms with E-state index < -0.39 is 10.0 Å². The maximum absolute atomic E-state index is 12.8. The summed E-state index contributed by atoms with van der Waals surface area (Å²) in [5.41, 5.74) is 3.47. The predicted octanol–water partition coefficient (Wildman–Crippen LogP) is 2.82. The first kappa shape index (κ1) is 22.0. The Morgan fingerprint density at radius 1 is 1.07 bits per heavy atom. The molecule has 1 aromatic carbocycles. The Morgan fingerprint density at radius 2 is 1.75 bits per heavy atom. The van der Waals surface area contributed by atoms with Gasteiger partial charge < -0.3 is 5.32 Å². The first-order valence-electron chi connectivity index (χ1n) is 9.62. The first-order chi connectivity index (χ1) is 13.2. The molecule has 0 unspecified atom stereocenters. The number of nitrogens with zero attached hydrogens (tertiary/aromatic N) is 2. The third kappa shape index (κ3) is 4.97. The zero-order valence-electron chi connectivity index (χ0n) is 17.3. The number of benzene rings is 1. The number of anilines is 1. The molecule has 0 spiro atoms. The molecule has 1 amide bonds. The van der Waals surface area contributed by atoms with Crippen LogP contribution in [0.3, 0.4) is 0 Å². The van der Waals surface area contributed by atoms with E-state index in [0.29, 0.717) is 18.8 Å². The Labute approximate surface area is 168 Å². The van der Waals surface area contributed by atoms with Crippen molar-refractivity contribution in [2.45, 2.75) is 52.5 Å². The fourth-order valence-corrected chi connectivity index (χ4v) is 4.49. The van der Waals surface area contributed by atoms with E-state index in [9.17, 15) is 13.2 Å². The Balaban J connectivity index is 2.26. The minimum atomic E-state index is -3.57. The lowest BCUT2D eigenvalue weighted by atomic mass is 10.2. The molecule has 7 heteroatoms. The second kappa shape index (κ2) is 9.30. The van der Waals surface area contributed by atoms with Crippen LogP contribution < -0.4 is 9.88 Å². The number of rotatable bonds is 8. The lowest BCUT2D eigenvalue weighted by Gasteiger charge is -2.19. The standard InChI is InChI=1S/C21H29N3O3S/c1-6-18-11-10-17(5)23(14-18)15-21(25)22-20-13-19(12-9-16(20)4)28(26,27)24(7-2)8-3/h9-14H,6-8,15H2,1-5H3/p+1. The molecule has 152 valence electrons. The molecule has 0 atom stereocenters. The quantitative estimate of drug-likeness (QED) is 0.688. The second-order valence-electron chi connectivity index (χ2n) is 6.77. The average Bonchev–Trinajstić information content (AvgIpc) is 2.66. The van der Waals surface area contributed by atoms with E-state index in [0.717, 1.165) is 23.2 Å². The van der Waals surface area contributed by atoms with Gasteiger partial charge in [-0.2, -0.15) is 8.87 Å². The first-order valence-corrected chi connectivity index (χ1v) is 11.1. The van der Waals surface area contributed by atoms with E-state index in [4.69, 9.17) is 0 Å². The highest BCUT2D eigenvalue weighted by atomic mass is 32.2. The predicted molar refractivity (Wildman–Crippen MR) is 111 cm³/mol. The van der Waals surface area contributed by atoms with Crippen molar-refractivity contribution in [3.63, 3.8) is 0 Å². The number of hydrogen-bond donors (Lipinski definition) is 1. The normalized spacial score (nSPS) is 11.6. The van der Waals surface area contributed by atoms with Crippen molar-refractivity contribution in [3.8, 4) is 0 Å². The van der Waals surface area contributed by atoms with Gasteiger partial charge in [-0.05, 0) is 37.1 Å². The summed E-state index contributed by atoms with van der Waals surface area (Å²) in [5, 5.41) is 2.87. The second-order valence-corrected chi connectivity index (χ2v) is 8.71. The molecule has 0 radical (unpaired) electrons. The Hall–Kier alpha value is -2.25. The van der Waals surface area contributed by atoms with E-state index in [1.165, 1.54) is 4.31 Å².